The van der Waals surface area contributed by atoms with E-state index in [1.54, 1.807) is 19.2 Å². The van der Waals surface area contributed by atoms with E-state index in [1.165, 1.54) is 6.20 Å². The van der Waals surface area contributed by atoms with E-state index in [4.69, 9.17) is 4.74 Å². The molecule has 18 heavy (non-hydrogen) atoms. The van der Waals surface area contributed by atoms with Gasteiger partial charge in [-0.2, -0.15) is 0 Å². The lowest BCUT2D eigenvalue weighted by Crippen LogP contribution is -2.18. The van der Waals surface area contributed by atoms with E-state index in [2.05, 4.69) is 26.2 Å². The summed E-state index contributed by atoms with van der Waals surface area (Å²) >= 11 is 3.37. The normalized spacial score (nSPS) is 9.89. The Hall–Kier alpha value is -1.88. The van der Waals surface area contributed by atoms with Crippen molar-refractivity contribution >= 4 is 21.8 Å². The molecule has 5 heteroatoms. The van der Waals surface area contributed by atoms with Gasteiger partial charge in [0.05, 0.1) is 0 Å². The molecule has 1 N–H and O–H groups in total. The molecule has 92 valence electrons. The summed E-state index contributed by atoms with van der Waals surface area (Å²) in [5, 5.41) is 2.52. The van der Waals surface area contributed by atoms with Gasteiger partial charge in [-0.05, 0) is 24.3 Å². The van der Waals surface area contributed by atoms with E-state index >= 15 is 0 Å². The van der Waals surface area contributed by atoms with Gasteiger partial charge in [0, 0.05) is 23.8 Å². The first kappa shape index (κ1) is 12.6. The molecule has 0 spiro atoms. The fourth-order valence-corrected chi connectivity index (χ4v) is 1.77. The molecule has 2 aromatic rings. The number of nitrogens with zero attached hydrogens (tertiary/aromatic N) is 1. The standard InChI is InChI=1S/C13H11BrN2O2/c1-15-13(17)12-8-11(5-6-16-12)18-10-4-2-3-9(14)7-10/h2-8H,1H3,(H,15,17). The minimum atomic E-state index is -0.241. The van der Waals surface area contributed by atoms with Crippen molar-refractivity contribution in [1.82, 2.24) is 10.3 Å². The van der Waals surface area contributed by atoms with E-state index in [0.717, 1.165) is 4.47 Å². The molecule has 1 aromatic heterocycles. The van der Waals surface area contributed by atoms with Gasteiger partial charge < -0.3 is 10.1 Å². The van der Waals surface area contributed by atoms with E-state index in [-0.39, 0.29) is 5.91 Å². The van der Waals surface area contributed by atoms with Crippen LogP contribution in [-0.2, 0) is 0 Å². The van der Waals surface area contributed by atoms with E-state index in [1.807, 2.05) is 24.3 Å². The van der Waals surface area contributed by atoms with Crippen molar-refractivity contribution in [1.29, 1.82) is 0 Å². The quantitative estimate of drug-likeness (QED) is 0.948. The molecule has 1 aromatic carbocycles. The fraction of sp³-hybridized carbons (Fsp3) is 0.0769. The van der Waals surface area contributed by atoms with Crippen LogP contribution in [0.5, 0.6) is 11.5 Å². The molecule has 2 rings (SSSR count). The van der Waals surface area contributed by atoms with Crippen LogP contribution in [0.1, 0.15) is 10.5 Å². The Morgan fingerprint density at radius 2 is 2.06 bits per heavy atom. The number of ether oxygens (including phenoxy) is 1. The average molecular weight is 307 g/mol. The van der Waals surface area contributed by atoms with Crippen molar-refractivity contribution < 1.29 is 9.53 Å². The first-order valence-corrected chi connectivity index (χ1v) is 6.10. The summed E-state index contributed by atoms with van der Waals surface area (Å²) in [6.07, 6.45) is 1.54. The summed E-state index contributed by atoms with van der Waals surface area (Å²) in [7, 11) is 1.56. The topological polar surface area (TPSA) is 51.2 Å². The molecule has 0 unspecified atom stereocenters. The number of halogens is 1. The van der Waals surface area contributed by atoms with Crippen LogP contribution in [0.2, 0.25) is 0 Å². The van der Waals surface area contributed by atoms with Gasteiger partial charge in [0.1, 0.15) is 17.2 Å². The summed E-state index contributed by atoms with van der Waals surface area (Å²) < 4.78 is 6.58. The number of pyridine rings is 1. The highest BCUT2D eigenvalue weighted by atomic mass is 79.9. The number of hydrogen-bond donors (Lipinski definition) is 1. The summed E-state index contributed by atoms with van der Waals surface area (Å²) in [4.78, 5) is 15.4. The van der Waals surface area contributed by atoms with Crippen LogP contribution in [-0.4, -0.2) is 17.9 Å². The second-order valence-electron chi connectivity index (χ2n) is 3.52. The molecule has 0 fully saturated rings. The highest BCUT2D eigenvalue weighted by Crippen LogP contribution is 2.24. The van der Waals surface area contributed by atoms with Crippen molar-refractivity contribution in [3.8, 4) is 11.5 Å². The molecule has 4 nitrogen and oxygen atoms in total. The molecule has 0 bridgehead atoms. The van der Waals surface area contributed by atoms with Crippen LogP contribution in [0, 0.1) is 0 Å². The molecule has 0 saturated carbocycles. The van der Waals surface area contributed by atoms with Gasteiger partial charge in [0.25, 0.3) is 5.91 Å². The van der Waals surface area contributed by atoms with Crippen LogP contribution < -0.4 is 10.1 Å². The zero-order valence-electron chi connectivity index (χ0n) is 9.68. The molecular formula is C13H11BrN2O2. The highest BCUT2D eigenvalue weighted by molar-refractivity contribution is 9.10. The third-order valence-electron chi connectivity index (χ3n) is 2.22. The lowest BCUT2D eigenvalue weighted by Gasteiger charge is -2.06. The summed E-state index contributed by atoms with van der Waals surface area (Å²) in [5.41, 5.74) is 0.324. The number of benzene rings is 1. The van der Waals surface area contributed by atoms with Crippen LogP contribution in [0.3, 0.4) is 0 Å². The number of amides is 1. The van der Waals surface area contributed by atoms with Gasteiger partial charge in [-0.1, -0.05) is 22.0 Å². The van der Waals surface area contributed by atoms with Crippen molar-refractivity contribution in [3.05, 3.63) is 52.8 Å². The Balaban J connectivity index is 2.22. The van der Waals surface area contributed by atoms with Crippen molar-refractivity contribution in [2.75, 3.05) is 7.05 Å². The SMILES string of the molecule is CNC(=O)c1cc(Oc2cccc(Br)c2)ccn1. The lowest BCUT2D eigenvalue weighted by molar-refractivity contribution is 0.0958. The maximum atomic E-state index is 11.4. The zero-order valence-corrected chi connectivity index (χ0v) is 11.3. The second kappa shape index (κ2) is 5.64. The third kappa shape index (κ3) is 3.07. The minimum Gasteiger partial charge on any atom is -0.457 e. The molecule has 0 aliphatic heterocycles. The Morgan fingerprint density at radius 3 is 2.78 bits per heavy atom. The molecule has 1 amide bonds. The Morgan fingerprint density at radius 1 is 1.28 bits per heavy atom. The largest absolute Gasteiger partial charge is 0.457 e. The molecule has 0 aliphatic carbocycles. The number of carbonyl (C=O) groups excluding carboxylic acids is 1. The molecule has 0 radical (unpaired) electrons. The number of aromatic nitrogens is 1. The van der Waals surface area contributed by atoms with Crippen molar-refractivity contribution in [2.24, 2.45) is 0 Å². The molecule has 1 heterocycles. The van der Waals surface area contributed by atoms with Crippen LogP contribution in [0.25, 0.3) is 0 Å². The molecular weight excluding hydrogens is 296 g/mol. The molecule has 0 atom stereocenters. The predicted molar refractivity (Wildman–Crippen MR) is 71.8 cm³/mol. The Labute approximate surface area is 113 Å². The number of rotatable bonds is 3. The van der Waals surface area contributed by atoms with Gasteiger partial charge >= 0.3 is 0 Å². The van der Waals surface area contributed by atoms with Gasteiger partial charge in [-0.15, -0.1) is 0 Å². The molecule has 0 aliphatic rings. The lowest BCUT2D eigenvalue weighted by atomic mass is 10.3. The van der Waals surface area contributed by atoms with Crippen LogP contribution in [0.4, 0.5) is 0 Å². The van der Waals surface area contributed by atoms with Crippen LogP contribution >= 0.6 is 15.9 Å². The number of nitrogens with one attached hydrogen (secondary N) is 1. The minimum absolute atomic E-state index is 0.241. The van der Waals surface area contributed by atoms with Gasteiger partial charge in [-0.25, -0.2) is 0 Å². The predicted octanol–water partition coefficient (Wildman–Crippen LogP) is 3.00. The van der Waals surface area contributed by atoms with Crippen LogP contribution in [0.15, 0.2) is 47.1 Å². The number of carbonyl (C=O) groups is 1. The highest BCUT2D eigenvalue weighted by Gasteiger charge is 2.06. The second-order valence-corrected chi connectivity index (χ2v) is 4.43. The van der Waals surface area contributed by atoms with E-state index < -0.39 is 0 Å². The first-order chi connectivity index (χ1) is 8.69. The van der Waals surface area contributed by atoms with E-state index in [9.17, 15) is 4.79 Å². The first-order valence-electron chi connectivity index (χ1n) is 5.30. The third-order valence-corrected chi connectivity index (χ3v) is 2.72. The van der Waals surface area contributed by atoms with Gasteiger partial charge in [0.2, 0.25) is 0 Å². The zero-order chi connectivity index (χ0) is 13.0. The monoisotopic (exact) mass is 306 g/mol. The summed E-state index contributed by atoms with van der Waals surface area (Å²) in [5.74, 6) is 1.02. The summed E-state index contributed by atoms with van der Waals surface area (Å²) in [6.45, 7) is 0. The van der Waals surface area contributed by atoms with E-state index in [0.29, 0.717) is 17.2 Å². The van der Waals surface area contributed by atoms with Gasteiger partial charge in [0.15, 0.2) is 0 Å². The number of hydrogen-bond acceptors (Lipinski definition) is 3. The Kier molecular flexibility index (Phi) is 3.94. The summed E-state index contributed by atoms with van der Waals surface area (Å²) in [6, 6.07) is 10.8. The maximum absolute atomic E-state index is 11.4. The van der Waals surface area contributed by atoms with Gasteiger partial charge in [-0.3, -0.25) is 9.78 Å². The smallest absolute Gasteiger partial charge is 0.269 e. The average Bonchev–Trinajstić information content (AvgIpc) is 2.38. The molecule has 0 saturated heterocycles. The maximum Gasteiger partial charge on any atom is 0.269 e. The van der Waals surface area contributed by atoms with Crippen molar-refractivity contribution in [2.45, 2.75) is 0 Å². The Bertz CT molecular complexity index is 572. The fourth-order valence-electron chi connectivity index (χ4n) is 1.39. The van der Waals surface area contributed by atoms with Crippen molar-refractivity contribution in [3.63, 3.8) is 0 Å².